The highest BCUT2D eigenvalue weighted by atomic mass is 16.4. The first-order chi connectivity index (χ1) is 8.56. The fraction of sp³-hybridized carbons (Fsp3) is 0.200. The van der Waals surface area contributed by atoms with E-state index in [2.05, 4.69) is 0 Å². The Labute approximate surface area is 105 Å². The van der Waals surface area contributed by atoms with Crippen LogP contribution in [0.3, 0.4) is 0 Å². The van der Waals surface area contributed by atoms with E-state index in [4.69, 9.17) is 0 Å². The smallest absolute Gasteiger partial charge is 0.336 e. The lowest BCUT2D eigenvalue weighted by molar-refractivity contribution is 0.0695. The molecule has 18 heavy (non-hydrogen) atoms. The molecule has 2 rings (SSSR count). The molecule has 2 aromatic carbocycles. The number of hydrogen-bond acceptors (Lipinski definition) is 2. The predicted octanol–water partition coefficient (Wildman–Crippen LogP) is 3.47. The zero-order valence-electron chi connectivity index (χ0n) is 10.3. The van der Waals surface area contributed by atoms with Gasteiger partial charge in [-0.1, -0.05) is 38.1 Å². The second-order valence-corrected chi connectivity index (χ2v) is 4.55. The van der Waals surface area contributed by atoms with Gasteiger partial charge in [0.2, 0.25) is 0 Å². The van der Waals surface area contributed by atoms with Crippen LogP contribution in [0, 0.1) is 0 Å². The molecule has 0 radical (unpaired) electrons. The molecular weight excluding hydrogens is 228 g/mol. The number of hydrogen-bond donors (Lipinski definition) is 1. The van der Waals surface area contributed by atoms with Crippen LogP contribution >= 0.6 is 0 Å². The van der Waals surface area contributed by atoms with Crippen molar-refractivity contribution < 1.29 is 14.7 Å². The summed E-state index contributed by atoms with van der Waals surface area (Å²) in [7, 11) is 0. The van der Waals surface area contributed by atoms with Crippen LogP contribution in [0.2, 0.25) is 0 Å². The van der Waals surface area contributed by atoms with Crippen molar-refractivity contribution in [1.29, 1.82) is 0 Å². The Hall–Kier alpha value is -2.16. The molecule has 92 valence electrons. The van der Waals surface area contributed by atoms with E-state index in [0.29, 0.717) is 11.1 Å². The van der Waals surface area contributed by atoms with Gasteiger partial charge in [0.15, 0.2) is 6.29 Å². The Balaban J connectivity index is 2.96. The van der Waals surface area contributed by atoms with Crippen molar-refractivity contribution in [2.24, 2.45) is 0 Å². The molecule has 3 heteroatoms. The molecule has 0 bridgehead atoms. The highest BCUT2D eigenvalue weighted by Crippen LogP contribution is 2.30. The summed E-state index contributed by atoms with van der Waals surface area (Å²) in [6.07, 6.45) is 0.754. The Bertz CT molecular complexity index is 627. The van der Waals surface area contributed by atoms with E-state index in [1.54, 1.807) is 6.07 Å². The van der Waals surface area contributed by atoms with Gasteiger partial charge in [-0.2, -0.15) is 0 Å². The number of carboxylic acids is 1. The first kappa shape index (κ1) is 12.3. The molecule has 0 aromatic heterocycles. The third-order valence-corrected chi connectivity index (χ3v) is 3.06. The fourth-order valence-corrected chi connectivity index (χ4v) is 2.32. The molecule has 0 saturated heterocycles. The summed E-state index contributed by atoms with van der Waals surface area (Å²) >= 11 is 0. The highest BCUT2D eigenvalue weighted by molar-refractivity contribution is 6.05. The molecule has 0 atom stereocenters. The van der Waals surface area contributed by atoms with Crippen molar-refractivity contribution in [2.45, 2.75) is 19.8 Å². The van der Waals surface area contributed by atoms with Gasteiger partial charge in [0, 0.05) is 5.56 Å². The molecule has 1 N–H and O–H groups in total. The van der Waals surface area contributed by atoms with E-state index in [9.17, 15) is 14.7 Å². The maximum absolute atomic E-state index is 11.3. The minimum Gasteiger partial charge on any atom is -0.478 e. The summed E-state index contributed by atoms with van der Waals surface area (Å²) in [5, 5.41) is 10.9. The van der Waals surface area contributed by atoms with Crippen LogP contribution in [-0.2, 0) is 0 Å². The SMILES string of the molecule is CC(C)c1c(C(=O)O)cc2ccccc2c1C=O. The van der Waals surface area contributed by atoms with Gasteiger partial charge in [0.25, 0.3) is 0 Å². The van der Waals surface area contributed by atoms with Gasteiger partial charge in [0.05, 0.1) is 5.56 Å². The van der Waals surface area contributed by atoms with E-state index in [1.165, 1.54) is 0 Å². The Morgan fingerprint density at radius 1 is 1.28 bits per heavy atom. The van der Waals surface area contributed by atoms with Crippen LogP contribution in [0.25, 0.3) is 10.8 Å². The quantitative estimate of drug-likeness (QED) is 0.838. The molecule has 0 heterocycles. The molecular formula is C15H14O3. The maximum Gasteiger partial charge on any atom is 0.336 e. The number of carboxylic acid groups (broad SMARTS) is 1. The summed E-state index contributed by atoms with van der Waals surface area (Å²) in [6.45, 7) is 3.78. The Kier molecular flexibility index (Phi) is 3.15. The highest BCUT2D eigenvalue weighted by Gasteiger charge is 2.19. The van der Waals surface area contributed by atoms with Crippen LogP contribution in [0.4, 0.5) is 0 Å². The molecule has 3 nitrogen and oxygen atoms in total. The maximum atomic E-state index is 11.3. The molecule has 0 aliphatic heterocycles. The second-order valence-electron chi connectivity index (χ2n) is 4.55. The molecule has 0 amide bonds. The third-order valence-electron chi connectivity index (χ3n) is 3.06. The lowest BCUT2D eigenvalue weighted by atomic mass is 9.88. The van der Waals surface area contributed by atoms with Gasteiger partial charge in [-0.3, -0.25) is 4.79 Å². The van der Waals surface area contributed by atoms with Crippen molar-refractivity contribution in [2.75, 3.05) is 0 Å². The first-order valence-corrected chi connectivity index (χ1v) is 5.80. The number of aromatic carboxylic acids is 1. The molecule has 0 aliphatic rings. The van der Waals surface area contributed by atoms with E-state index in [1.807, 2.05) is 38.1 Å². The molecule has 2 aromatic rings. The average Bonchev–Trinajstić information content (AvgIpc) is 2.35. The lowest BCUT2D eigenvalue weighted by Crippen LogP contribution is -2.08. The van der Waals surface area contributed by atoms with Crippen molar-refractivity contribution in [3.05, 3.63) is 47.0 Å². The van der Waals surface area contributed by atoms with Crippen LogP contribution in [0.5, 0.6) is 0 Å². The van der Waals surface area contributed by atoms with Gasteiger partial charge in [-0.25, -0.2) is 4.79 Å². The largest absolute Gasteiger partial charge is 0.478 e. The van der Waals surface area contributed by atoms with Crippen LogP contribution < -0.4 is 0 Å². The van der Waals surface area contributed by atoms with Gasteiger partial charge >= 0.3 is 5.97 Å². The summed E-state index contributed by atoms with van der Waals surface area (Å²) in [6, 6.07) is 8.98. The zero-order valence-corrected chi connectivity index (χ0v) is 10.3. The number of benzene rings is 2. The number of rotatable bonds is 3. The topological polar surface area (TPSA) is 54.4 Å². The number of carbonyl (C=O) groups is 2. The summed E-state index contributed by atoms with van der Waals surface area (Å²) in [5.74, 6) is -1.01. The molecule has 0 fully saturated rings. The fourth-order valence-electron chi connectivity index (χ4n) is 2.32. The van der Waals surface area contributed by atoms with Crippen molar-refractivity contribution in [3.8, 4) is 0 Å². The normalized spacial score (nSPS) is 10.8. The minimum absolute atomic E-state index is 0.0130. The summed E-state index contributed by atoms with van der Waals surface area (Å²) in [5.41, 5.74) is 1.31. The van der Waals surface area contributed by atoms with Crippen molar-refractivity contribution in [3.63, 3.8) is 0 Å². The molecule has 0 spiro atoms. The summed E-state index contributed by atoms with van der Waals surface area (Å²) < 4.78 is 0. The van der Waals surface area contributed by atoms with Gasteiger partial charge in [-0.15, -0.1) is 0 Å². The van der Waals surface area contributed by atoms with E-state index in [-0.39, 0.29) is 11.5 Å². The van der Waals surface area contributed by atoms with Crippen molar-refractivity contribution >= 4 is 23.0 Å². The molecule has 0 saturated carbocycles. The number of fused-ring (bicyclic) bond motifs is 1. The van der Waals surface area contributed by atoms with Crippen molar-refractivity contribution in [1.82, 2.24) is 0 Å². The van der Waals surface area contributed by atoms with E-state index < -0.39 is 5.97 Å². The first-order valence-electron chi connectivity index (χ1n) is 5.80. The minimum atomic E-state index is -0.993. The monoisotopic (exact) mass is 242 g/mol. The van der Waals surface area contributed by atoms with Gasteiger partial charge in [-0.05, 0) is 28.3 Å². The third kappa shape index (κ3) is 1.88. The zero-order chi connectivity index (χ0) is 13.3. The summed E-state index contributed by atoms with van der Waals surface area (Å²) in [4.78, 5) is 22.6. The van der Waals surface area contributed by atoms with E-state index >= 15 is 0 Å². The second kappa shape index (κ2) is 4.61. The number of aldehydes is 1. The standard InChI is InChI=1S/C15H14O3/c1-9(2)14-12(15(17)18)7-10-5-3-4-6-11(10)13(14)8-16/h3-9H,1-2H3,(H,17,18). The van der Waals surface area contributed by atoms with Gasteiger partial charge in [0.1, 0.15) is 0 Å². The van der Waals surface area contributed by atoms with Crippen LogP contribution in [-0.4, -0.2) is 17.4 Å². The molecule has 0 aliphatic carbocycles. The van der Waals surface area contributed by atoms with E-state index in [0.717, 1.165) is 17.1 Å². The Morgan fingerprint density at radius 3 is 2.50 bits per heavy atom. The number of carbonyl (C=O) groups excluding carboxylic acids is 1. The Morgan fingerprint density at radius 2 is 1.94 bits per heavy atom. The van der Waals surface area contributed by atoms with Crippen LogP contribution in [0.1, 0.15) is 46.0 Å². The van der Waals surface area contributed by atoms with Gasteiger partial charge < -0.3 is 5.11 Å². The van der Waals surface area contributed by atoms with Crippen LogP contribution in [0.15, 0.2) is 30.3 Å². The average molecular weight is 242 g/mol. The molecule has 0 unspecified atom stereocenters. The lowest BCUT2D eigenvalue weighted by Gasteiger charge is -2.15. The predicted molar refractivity (Wildman–Crippen MR) is 70.4 cm³/mol.